The molecule has 7 nitrogen and oxygen atoms in total. The average molecular weight is 387 g/mol. The normalized spacial score (nSPS) is 17.7. The lowest BCUT2D eigenvalue weighted by Crippen LogP contribution is -2.36. The summed E-state index contributed by atoms with van der Waals surface area (Å²) < 4.78 is 34.2. The number of anilines is 1. The Morgan fingerprint density at radius 3 is 2.70 bits per heavy atom. The zero-order valence-corrected chi connectivity index (χ0v) is 15.8. The predicted molar refractivity (Wildman–Crippen MR) is 101 cm³/mol. The van der Waals surface area contributed by atoms with Crippen molar-refractivity contribution in [1.82, 2.24) is 9.71 Å². The van der Waals surface area contributed by atoms with E-state index < -0.39 is 10.0 Å². The van der Waals surface area contributed by atoms with Crippen LogP contribution >= 0.6 is 0 Å². The molecule has 8 heteroatoms. The van der Waals surface area contributed by atoms with Gasteiger partial charge in [0.25, 0.3) is 5.91 Å². The third-order valence-electron chi connectivity index (χ3n) is 5.01. The first-order valence-electron chi connectivity index (χ1n) is 9.03. The van der Waals surface area contributed by atoms with Crippen LogP contribution in [0, 0.1) is 0 Å². The number of rotatable bonds is 3. The van der Waals surface area contributed by atoms with E-state index in [2.05, 4.69) is 9.71 Å². The van der Waals surface area contributed by atoms with Crippen LogP contribution in [0.2, 0.25) is 0 Å². The van der Waals surface area contributed by atoms with E-state index in [4.69, 9.17) is 4.74 Å². The van der Waals surface area contributed by atoms with Gasteiger partial charge in [0.15, 0.2) is 11.6 Å². The minimum absolute atomic E-state index is 0.0503. The molecule has 142 valence electrons. The van der Waals surface area contributed by atoms with Crippen LogP contribution in [0.3, 0.4) is 0 Å². The number of carbonyl (C=O) groups is 1. The quantitative estimate of drug-likeness (QED) is 0.874. The molecular formula is C19H21N3O4S. The molecule has 2 aromatic rings. The van der Waals surface area contributed by atoms with Crippen LogP contribution in [0.4, 0.5) is 5.82 Å². The number of nitrogens with zero attached hydrogens (tertiary/aromatic N) is 2. The van der Waals surface area contributed by atoms with E-state index in [9.17, 15) is 13.2 Å². The summed E-state index contributed by atoms with van der Waals surface area (Å²) in [6, 6.07) is 7.76. The Bertz CT molecular complexity index is 984. The molecule has 1 aromatic carbocycles. The van der Waals surface area contributed by atoms with Gasteiger partial charge in [-0.25, -0.2) is 18.1 Å². The van der Waals surface area contributed by atoms with E-state index in [-0.39, 0.29) is 22.4 Å². The molecule has 1 aliphatic carbocycles. The van der Waals surface area contributed by atoms with Crippen molar-refractivity contribution in [2.75, 3.05) is 11.9 Å². The number of benzene rings is 1. The highest BCUT2D eigenvalue weighted by Gasteiger charge is 2.29. The number of ether oxygens (including phenoxy) is 1. The lowest BCUT2D eigenvalue weighted by Gasteiger charge is -2.22. The highest BCUT2D eigenvalue weighted by molar-refractivity contribution is 7.89. The number of hydrogen-bond donors (Lipinski definition) is 1. The predicted octanol–water partition coefficient (Wildman–Crippen LogP) is 3.07. The minimum Gasteiger partial charge on any atom is -0.453 e. The van der Waals surface area contributed by atoms with Crippen molar-refractivity contribution in [3.05, 3.63) is 42.1 Å². The van der Waals surface area contributed by atoms with Gasteiger partial charge in [-0.05, 0) is 43.2 Å². The standard InChI is InChI=1S/C19H21N3O4S/c1-22-18-17(8-5-11-20-18)26-16-10-9-14(12-15(16)19(22)23)27(24,25)21-13-6-3-2-4-7-13/h5,8-13,21H,2-4,6-7H2,1H3. The van der Waals surface area contributed by atoms with E-state index >= 15 is 0 Å². The van der Waals surface area contributed by atoms with Crippen LogP contribution in [0.5, 0.6) is 11.5 Å². The Labute approximate surface area is 158 Å². The molecule has 2 heterocycles. The molecule has 1 fully saturated rings. The van der Waals surface area contributed by atoms with Crippen LogP contribution in [-0.4, -0.2) is 32.4 Å². The fourth-order valence-electron chi connectivity index (χ4n) is 3.55. The second kappa shape index (κ2) is 6.94. The molecule has 1 saturated carbocycles. The van der Waals surface area contributed by atoms with Crippen molar-refractivity contribution in [2.45, 2.75) is 43.0 Å². The number of hydrogen-bond acceptors (Lipinski definition) is 5. The topological polar surface area (TPSA) is 88.6 Å². The van der Waals surface area contributed by atoms with Crippen molar-refractivity contribution in [1.29, 1.82) is 0 Å². The van der Waals surface area contributed by atoms with Crippen molar-refractivity contribution in [2.24, 2.45) is 0 Å². The second-order valence-electron chi connectivity index (χ2n) is 6.91. The third kappa shape index (κ3) is 3.42. The summed E-state index contributed by atoms with van der Waals surface area (Å²) >= 11 is 0. The number of amides is 1. The Hall–Kier alpha value is -2.45. The molecule has 27 heavy (non-hydrogen) atoms. The number of pyridine rings is 1. The SMILES string of the molecule is CN1C(=O)c2cc(S(=O)(=O)NC3CCCCC3)ccc2Oc2cccnc21. The van der Waals surface area contributed by atoms with E-state index in [1.165, 1.54) is 23.1 Å². The molecular weight excluding hydrogens is 366 g/mol. The van der Waals surface area contributed by atoms with Gasteiger partial charge in [-0.1, -0.05) is 19.3 Å². The number of fused-ring (bicyclic) bond motifs is 2. The molecule has 0 spiro atoms. The van der Waals surface area contributed by atoms with Gasteiger partial charge in [0.05, 0.1) is 10.5 Å². The van der Waals surface area contributed by atoms with Gasteiger partial charge in [0, 0.05) is 19.3 Å². The smallest absolute Gasteiger partial charge is 0.263 e. The molecule has 1 N–H and O–H groups in total. The molecule has 0 radical (unpaired) electrons. The Morgan fingerprint density at radius 1 is 1.15 bits per heavy atom. The van der Waals surface area contributed by atoms with Gasteiger partial charge in [-0.3, -0.25) is 9.69 Å². The Kier molecular flexibility index (Phi) is 4.61. The molecule has 1 aromatic heterocycles. The molecule has 0 unspecified atom stereocenters. The van der Waals surface area contributed by atoms with E-state index in [1.54, 1.807) is 25.4 Å². The van der Waals surface area contributed by atoms with Crippen LogP contribution in [0.25, 0.3) is 0 Å². The third-order valence-corrected chi connectivity index (χ3v) is 6.53. The first-order valence-corrected chi connectivity index (χ1v) is 10.5. The highest BCUT2D eigenvalue weighted by atomic mass is 32.2. The van der Waals surface area contributed by atoms with Crippen LogP contribution in [-0.2, 0) is 10.0 Å². The van der Waals surface area contributed by atoms with Crippen molar-refractivity contribution in [3.63, 3.8) is 0 Å². The van der Waals surface area contributed by atoms with Crippen LogP contribution < -0.4 is 14.4 Å². The maximum atomic E-state index is 12.9. The van der Waals surface area contributed by atoms with Gasteiger partial charge in [0.2, 0.25) is 10.0 Å². The summed E-state index contributed by atoms with van der Waals surface area (Å²) in [6.45, 7) is 0. The summed E-state index contributed by atoms with van der Waals surface area (Å²) in [5.41, 5.74) is 0.196. The number of carbonyl (C=O) groups excluding carboxylic acids is 1. The summed E-state index contributed by atoms with van der Waals surface area (Å²) in [6.07, 6.45) is 6.46. The summed E-state index contributed by atoms with van der Waals surface area (Å²) in [7, 11) is -2.11. The first-order chi connectivity index (χ1) is 13.0. The molecule has 0 atom stereocenters. The van der Waals surface area contributed by atoms with Crippen molar-refractivity contribution >= 4 is 21.7 Å². The summed E-state index contributed by atoms with van der Waals surface area (Å²) in [5, 5.41) is 0. The maximum absolute atomic E-state index is 12.9. The zero-order chi connectivity index (χ0) is 19.0. The average Bonchev–Trinajstić information content (AvgIpc) is 2.77. The monoisotopic (exact) mass is 387 g/mol. The molecule has 0 saturated heterocycles. The Balaban J connectivity index is 1.68. The first kappa shape index (κ1) is 17.9. The fourth-order valence-corrected chi connectivity index (χ4v) is 4.88. The minimum atomic E-state index is -3.71. The number of sulfonamides is 1. The van der Waals surface area contributed by atoms with Crippen molar-refractivity contribution in [3.8, 4) is 11.5 Å². The lowest BCUT2D eigenvalue weighted by molar-refractivity contribution is 0.0992. The Morgan fingerprint density at radius 2 is 1.93 bits per heavy atom. The number of aromatic nitrogens is 1. The van der Waals surface area contributed by atoms with Crippen LogP contribution in [0.15, 0.2) is 41.4 Å². The summed E-state index contributed by atoms with van der Waals surface area (Å²) in [5.74, 6) is 0.791. The molecule has 4 rings (SSSR count). The van der Waals surface area contributed by atoms with Gasteiger partial charge >= 0.3 is 0 Å². The van der Waals surface area contributed by atoms with Crippen molar-refractivity contribution < 1.29 is 17.9 Å². The van der Waals surface area contributed by atoms with E-state index in [0.717, 1.165) is 32.1 Å². The van der Waals surface area contributed by atoms with Gasteiger partial charge in [-0.2, -0.15) is 0 Å². The highest BCUT2D eigenvalue weighted by Crippen LogP contribution is 2.37. The molecule has 2 aliphatic rings. The maximum Gasteiger partial charge on any atom is 0.263 e. The van der Waals surface area contributed by atoms with Gasteiger partial charge in [0.1, 0.15) is 5.75 Å². The number of nitrogens with one attached hydrogen (secondary N) is 1. The van der Waals surface area contributed by atoms with E-state index in [0.29, 0.717) is 17.3 Å². The molecule has 1 amide bonds. The molecule has 1 aliphatic heterocycles. The lowest BCUT2D eigenvalue weighted by atomic mass is 9.96. The largest absolute Gasteiger partial charge is 0.453 e. The summed E-state index contributed by atoms with van der Waals surface area (Å²) in [4.78, 5) is 18.5. The van der Waals surface area contributed by atoms with Gasteiger partial charge in [-0.15, -0.1) is 0 Å². The fraction of sp³-hybridized carbons (Fsp3) is 0.368. The van der Waals surface area contributed by atoms with Crippen LogP contribution in [0.1, 0.15) is 42.5 Å². The second-order valence-corrected chi connectivity index (χ2v) is 8.62. The van der Waals surface area contributed by atoms with Gasteiger partial charge < -0.3 is 4.74 Å². The van der Waals surface area contributed by atoms with E-state index in [1.807, 2.05) is 0 Å². The molecule has 0 bridgehead atoms. The zero-order valence-electron chi connectivity index (χ0n) is 15.0.